The van der Waals surface area contributed by atoms with Crippen LogP contribution < -0.4 is 5.32 Å². The van der Waals surface area contributed by atoms with Gasteiger partial charge in [0.1, 0.15) is 0 Å². The predicted octanol–water partition coefficient (Wildman–Crippen LogP) is 4.65. The lowest BCUT2D eigenvalue weighted by Crippen LogP contribution is -2.22. The van der Waals surface area contributed by atoms with Crippen molar-refractivity contribution < 1.29 is 9.21 Å². The zero-order chi connectivity index (χ0) is 19.3. The van der Waals surface area contributed by atoms with Gasteiger partial charge in [0.15, 0.2) is 10.9 Å². The van der Waals surface area contributed by atoms with E-state index in [9.17, 15) is 4.79 Å². The highest BCUT2D eigenvalue weighted by Gasteiger charge is 2.22. The topological polar surface area (TPSA) is 73.0 Å². The molecule has 1 N–H and O–H groups in total. The van der Waals surface area contributed by atoms with Crippen LogP contribution >= 0.6 is 11.8 Å². The quantitative estimate of drug-likeness (QED) is 0.485. The van der Waals surface area contributed by atoms with Gasteiger partial charge in [-0.25, -0.2) is 0 Å². The van der Waals surface area contributed by atoms with Gasteiger partial charge in [0.25, 0.3) is 0 Å². The molecule has 0 aliphatic rings. The monoisotopic (exact) mass is 390 g/mol. The number of para-hydroxylation sites is 2. The van der Waals surface area contributed by atoms with Gasteiger partial charge in [-0.05, 0) is 43.3 Å². The van der Waals surface area contributed by atoms with Gasteiger partial charge in [0.05, 0.1) is 11.5 Å². The number of carbonyl (C=O) groups excluding carboxylic acids is 1. The van der Waals surface area contributed by atoms with Gasteiger partial charge in [0.2, 0.25) is 11.7 Å². The predicted molar refractivity (Wildman–Crippen MR) is 109 cm³/mol. The van der Waals surface area contributed by atoms with E-state index in [2.05, 4.69) is 15.5 Å². The Labute approximate surface area is 166 Å². The molecule has 4 rings (SSSR count). The minimum atomic E-state index is -0.365. The summed E-state index contributed by atoms with van der Waals surface area (Å²) < 4.78 is 7.41. The van der Waals surface area contributed by atoms with Crippen LogP contribution in [0.5, 0.6) is 0 Å². The number of amides is 1. The second-order valence-electron chi connectivity index (χ2n) is 6.07. The molecule has 1 atom stereocenters. The Bertz CT molecular complexity index is 1050. The van der Waals surface area contributed by atoms with Crippen molar-refractivity contribution in [1.29, 1.82) is 0 Å². The standard InChI is InChI=1S/C21H18N4O2S/c1-15(20(26)22-16-9-4-2-5-10-16)28-21-24-23-19(18-13-8-14-27-18)25(21)17-11-6-3-7-12-17/h2-15H,1H3,(H,22,26)/t15-/m0/s1. The zero-order valence-corrected chi connectivity index (χ0v) is 16.0. The lowest BCUT2D eigenvalue weighted by atomic mass is 10.3. The van der Waals surface area contributed by atoms with Crippen LogP contribution in [0.25, 0.3) is 17.3 Å². The summed E-state index contributed by atoms with van der Waals surface area (Å²) in [7, 11) is 0. The molecule has 28 heavy (non-hydrogen) atoms. The van der Waals surface area contributed by atoms with Gasteiger partial charge in [-0.1, -0.05) is 48.2 Å². The average Bonchev–Trinajstić information content (AvgIpc) is 3.39. The summed E-state index contributed by atoms with van der Waals surface area (Å²) in [5.41, 5.74) is 1.66. The molecule has 0 aliphatic heterocycles. The third-order valence-corrected chi connectivity index (χ3v) is 5.12. The molecule has 6 nitrogen and oxygen atoms in total. The number of hydrogen-bond acceptors (Lipinski definition) is 5. The number of benzene rings is 2. The Morgan fingerprint density at radius 2 is 1.71 bits per heavy atom. The van der Waals surface area contributed by atoms with E-state index in [1.807, 2.05) is 84.3 Å². The van der Waals surface area contributed by atoms with Crippen LogP contribution in [-0.2, 0) is 4.79 Å². The van der Waals surface area contributed by atoms with Crippen LogP contribution in [0, 0.1) is 0 Å². The summed E-state index contributed by atoms with van der Waals surface area (Å²) in [6, 6.07) is 22.8. The maximum Gasteiger partial charge on any atom is 0.237 e. The number of nitrogens with one attached hydrogen (secondary N) is 1. The first-order valence-electron chi connectivity index (χ1n) is 8.79. The van der Waals surface area contributed by atoms with Gasteiger partial charge in [-0.15, -0.1) is 10.2 Å². The molecule has 0 spiro atoms. The van der Waals surface area contributed by atoms with Crippen molar-refractivity contribution in [3.05, 3.63) is 79.1 Å². The van der Waals surface area contributed by atoms with E-state index in [4.69, 9.17) is 4.42 Å². The van der Waals surface area contributed by atoms with Gasteiger partial charge in [0, 0.05) is 11.4 Å². The maximum atomic E-state index is 12.6. The molecule has 0 saturated carbocycles. The van der Waals surface area contributed by atoms with Gasteiger partial charge < -0.3 is 9.73 Å². The van der Waals surface area contributed by atoms with E-state index in [0.717, 1.165) is 11.4 Å². The molecule has 2 aromatic carbocycles. The number of nitrogens with zero attached hydrogens (tertiary/aromatic N) is 3. The SMILES string of the molecule is C[C@H](Sc1nnc(-c2ccco2)n1-c1ccccc1)C(=O)Nc1ccccc1. The Kier molecular flexibility index (Phi) is 5.25. The number of hydrogen-bond donors (Lipinski definition) is 1. The van der Waals surface area contributed by atoms with E-state index < -0.39 is 0 Å². The number of furan rings is 1. The third-order valence-electron chi connectivity index (χ3n) is 4.08. The second kappa shape index (κ2) is 8.14. The number of anilines is 1. The largest absolute Gasteiger partial charge is 0.461 e. The first-order valence-corrected chi connectivity index (χ1v) is 9.67. The van der Waals surface area contributed by atoms with Crippen LogP contribution in [-0.4, -0.2) is 25.9 Å². The molecule has 0 radical (unpaired) electrons. The maximum absolute atomic E-state index is 12.6. The fourth-order valence-corrected chi connectivity index (χ4v) is 3.57. The fourth-order valence-electron chi connectivity index (χ4n) is 2.70. The molecule has 2 heterocycles. The molecular weight excluding hydrogens is 372 g/mol. The highest BCUT2D eigenvalue weighted by atomic mass is 32.2. The Morgan fingerprint density at radius 1 is 1.00 bits per heavy atom. The minimum Gasteiger partial charge on any atom is -0.461 e. The van der Waals surface area contributed by atoms with Crippen LogP contribution in [0.15, 0.2) is 88.6 Å². The Hall–Kier alpha value is -3.32. The molecule has 0 unspecified atom stereocenters. The van der Waals surface area contributed by atoms with Crippen LogP contribution in [0.3, 0.4) is 0 Å². The molecule has 0 saturated heterocycles. The molecular formula is C21H18N4O2S. The van der Waals surface area contributed by atoms with E-state index >= 15 is 0 Å². The number of thioether (sulfide) groups is 1. The van der Waals surface area contributed by atoms with E-state index in [1.165, 1.54) is 11.8 Å². The first-order chi connectivity index (χ1) is 13.7. The van der Waals surface area contributed by atoms with E-state index in [1.54, 1.807) is 6.26 Å². The van der Waals surface area contributed by atoms with Crippen LogP contribution in [0.1, 0.15) is 6.92 Å². The van der Waals surface area contributed by atoms with Crippen LogP contribution in [0.2, 0.25) is 0 Å². The summed E-state index contributed by atoms with van der Waals surface area (Å²) in [5, 5.41) is 11.8. The van der Waals surface area contributed by atoms with Crippen molar-refractivity contribution in [2.45, 2.75) is 17.3 Å². The number of carbonyl (C=O) groups is 1. The molecule has 1 amide bonds. The van der Waals surface area contributed by atoms with E-state index in [0.29, 0.717) is 16.7 Å². The van der Waals surface area contributed by atoms with Crippen molar-refractivity contribution in [3.8, 4) is 17.3 Å². The summed E-state index contributed by atoms with van der Waals surface area (Å²) in [5.74, 6) is 1.11. The summed E-state index contributed by atoms with van der Waals surface area (Å²) >= 11 is 1.35. The van der Waals surface area contributed by atoms with Gasteiger partial charge in [-0.2, -0.15) is 0 Å². The van der Waals surface area contributed by atoms with Crippen LogP contribution in [0.4, 0.5) is 5.69 Å². The zero-order valence-electron chi connectivity index (χ0n) is 15.1. The number of aromatic nitrogens is 3. The lowest BCUT2D eigenvalue weighted by Gasteiger charge is -2.13. The minimum absolute atomic E-state index is 0.0987. The fraction of sp³-hybridized carbons (Fsp3) is 0.0952. The molecule has 0 aliphatic carbocycles. The Balaban J connectivity index is 1.62. The highest BCUT2D eigenvalue weighted by molar-refractivity contribution is 8.00. The molecule has 140 valence electrons. The van der Waals surface area contributed by atoms with Crippen molar-refractivity contribution in [2.75, 3.05) is 5.32 Å². The molecule has 0 fully saturated rings. The van der Waals surface area contributed by atoms with Crippen molar-refractivity contribution in [2.24, 2.45) is 0 Å². The van der Waals surface area contributed by atoms with Gasteiger partial charge >= 0.3 is 0 Å². The second-order valence-corrected chi connectivity index (χ2v) is 7.38. The average molecular weight is 390 g/mol. The summed E-state index contributed by atoms with van der Waals surface area (Å²) in [6.07, 6.45) is 1.60. The molecule has 2 aromatic heterocycles. The summed E-state index contributed by atoms with van der Waals surface area (Å²) in [6.45, 7) is 1.85. The molecule has 4 aromatic rings. The number of rotatable bonds is 6. The van der Waals surface area contributed by atoms with Crippen molar-refractivity contribution in [3.63, 3.8) is 0 Å². The molecule has 0 bridgehead atoms. The van der Waals surface area contributed by atoms with Gasteiger partial charge in [-0.3, -0.25) is 9.36 Å². The normalized spacial score (nSPS) is 11.9. The van der Waals surface area contributed by atoms with Crippen molar-refractivity contribution in [1.82, 2.24) is 14.8 Å². The highest BCUT2D eigenvalue weighted by Crippen LogP contribution is 2.30. The molecule has 7 heteroatoms. The Morgan fingerprint density at radius 3 is 2.39 bits per heavy atom. The smallest absolute Gasteiger partial charge is 0.237 e. The third kappa shape index (κ3) is 3.84. The summed E-state index contributed by atoms with van der Waals surface area (Å²) in [4.78, 5) is 12.6. The first kappa shape index (κ1) is 18.1. The van der Waals surface area contributed by atoms with E-state index in [-0.39, 0.29) is 11.2 Å². The lowest BCUT2D eigenvalue weighted by molar-refractivity contribution is -0.115. The van der Waals surface area contributed by atoms with Crippen molar-refractivity contribution >= 4 is 23.4 Å².